The normalized spacial score (nSPS) is 12.5. The minimum Gasteiger partial charge on any atom is -0.439 e. The summed E-state index contributed by atoms with van der Waals surface area (Å²) in [7, 11) is 1.62. The third-order valence-corrected chi connectivity index (χ3v) is 5.32. The Morgan fingerprint density at radius 2 is 1.66 bits per heavy atom. The maximum atomic E-state index is 13.5. The molecule has 0 aliphatic rings. The van der Waals surface area contributed by atoms with E-state index < -0.39 is 6.10 Å². The number of ether oxygens (including phenoxy) is 3. The van der Waals surface area contributed by atoms with E-state index in [2.05, 4.69) is 5.10 Å². The highest BCUT2D eigenvalue weighted by atomic mass is 19.1. The Bertz CT molecular complexity index is 1060. The van der Waals surface area contributed by atoms with E-state index in [0.29, 0.717) is 49.3 Å². The molecule has 1 aromatic heterocycles. The molecule has 3 aromatic rings. The molecule has 1 heterocycles. The first-order chi connectivity index (χ1) is 16.8. The van der Waals surface area contributed by atoms with Gasteiger partial charge in [0.2, 0.25) is 5.88 Å². The molecule has 0 radical (unpaired) electrons. The third kappa shape index (κ3) is 7.83. The molecule has 3 rings (SSSR count). The van der Waals surface area contributed by atoms with Crippen molar-refractivity contribution in [3.63, 3.8) is 0 Å². The molecule has 7 nitrogen and oxygen atoms in total. The van der Waals surface area contributed by atoms with Crippen molar-refractivity contribution in [2.24, 2.45) is 0 Å². The van der Waals surface area contributed by atoms with Crippen LogP contribution in [0.15, 0.2) is 48.5 Å². The van der Waals surface area contributed by atoms with E-state index in [4.69, 9.17) is 14.2 Å². The van der Waals surface area contributed by atoms with E-state index >= 15 is 0 Å². The number of halogens is 2. The molecular weight excluding hydrogens is 456 g/mol. The van der Waals surface area contributed by atoms with Gasteiger partial charge in [0.15, 0.2) is 0 Å². The average Bonchev–Trinajstić information content (AvgIpc) is 3.12. The van der Waals surface area contributed by atoms with Gasteiger partial charge in [-0.15, -0.1) is 0 Å². The topological polar surface area (TPSA) is 69.0 Å². The van der Waals surface area contributed by atoms with Crippen molar-refractivity contribution in [3.05, 3.63) is 71.4 Å². The summed E-state index contributed by atoms with van der Waals surface area (Å²) in [4.78, 5) is 2.04. The molecular formula is C26H33F2N3O4. The van der Waals surface area contributed by atoms with Crippen LogP contribution in [0.4, 0.5) is 8.78 Å². The number of aryl methyl sites for hydroxylation is 1. The lowest BCUT2D eigenvalue weighted by Gasteiger charge is -2.25. The molecule has 35 heavy (non-hydrogen) atoms. The predicted molar refractivity (Wildman–Crippen MR) is 129 cm³/mol. The van der Waals surface area contributed by atoms with Crippen LogP contribution in [0.2, 0.25) is 0 Å². The molecule has 0 spiro atoms. The molecule has 2 aromatic carbocycles. The number of aliphatic hydroxyl groups excluding tert-OH is 1. The molecule has 0 fully saturated rings. The molecule has 0 saturated heterocycles. The Morgan fingerprint density at radius 3 is 2.26 bits per heavy atom. The first-order valence-corrected chi connectivity index (χ1v) is 11.6. The van der Waals surface area contributed by atoms with Crippen LogP contribution in [0, 0.1) is 18.6 Å². The van der Waals surface area contributed by atoms with Crippen LogP contribution in [0.3, 0.4) is 0 Å². The van der Waals surface area contributed by atoms with Crippen molar-refractivity contribution in [1.82, 2.24) is 14.7 Å². The first-order valence-electron chi connectivity index (χ1n) is 11.6. The Morgan fingerprint density at radius 1 is 1.03 bits per heavy atom. The van der Waals surface area contributed by atoms with Crippen LogP contribution in [0.1, 0.15) is 25.1 Å². The smallest absolute Gasteiger partial charge is 0.227 e. The van der Waals surface area contributed by atoms with Gasteiger partial charge in [-0.05, 0) is 69.3 Å². The molecule has 1 N–H and O–H groups in total. The number of rotatable bonds is 13. The highest BCUT2D eigenvalue weighted by Crippen LogP contribution is 2.32. The number of benzene rings is 2. The van der Waals surface area contributed by atoms with Gasteiger partial charge in [-0.1, -0.05) is 0 Å². The summed E-state index contributed by atoms with van der Waals surface area (Å²) in [5.41, 5.74) is 2.11. The number of hydrogen-bond acceptors (Lipinski definition) is 6. The minimum atomic E-state index is -0.692. The molecule has 0 bridgehead atoms. The summed E-state index contributed by atoms with van der Waals surface area (Å²) < 4.78 is 45.6. The minimum absolute atomic E-state index is 0.0176. The largest absolute Gasteiger partial charge is 0.439 e. The molecule has 0 aliphatic carbocycles. The number of aliphatic hydroxyl groups is 1. The fourth-order valence-corrected chi connectivity index (χ4v) is 3.53. The number of aromatic nitrogens is 2. The molecule has 190 valence electrons. The van der Waals surface area contributed by atoms with Crippen molar-refractivity contribution in [2.75, 3.05) is 33.4 Å². The van der Waals surface area contributed by atoms with Gasteiger partial charge in [-0.2, -0.15) is 5.10 Å². The second kappa shape index (κ2) is 12.7. The highest BCUT2D eigenvalue weighted by Gasteiger charge is 2.23. The standard InChI is InChI=1S/C26H33F2N3O4/c1-18(2)34-17-23(32)15-30(13-14-33-4)16-25-19(3)29-31(22-9-5-20(27)6-10-22)26(25)35-24-11-7-21(28)8-12-24/h5-12,18,23,32H,13-17H2,1-4H3. The highest BCUT2D eigenvalue weighted by molar-refractivity contribution is 5.43. The third-order valence-electron chi connectivity index (χ3n) is 5.32. The first kappa shape index (κ1) is 26.7. The van der Waals surface area contributed by atoms with Gasteiger partial charge in [-0.25, -0.2) is 13.5 Å². The Balaban J connectivity index is 1.94. The van der Waals surface area contributed by atoms with Gasteiger partial charge >= 0.3 is 0 Å². The van der Waals surface area contributed by atoms with E-state index in [1.54, 1.807) is 23.9 Å². The number of hydrogen-bond donors (Lipinski definition) is 1. The molecule has 0 aliphatic heterocycles. The molecule has 9 heteroatoms. The quantitative estimate of drug-likeness (QED) is 0.382. The van der Waals surface area contributed by atoms with Crippen molar-refractivity contribution >= 4 is 0 Å². The zero-order valence-electron chi connectivity index (χ0n) is 20.6. The summed E-state index contributed by atoms with van der Waals surface area (Å²) in [6.07, 6.45) is -0.674. The lowest BCUT2D eigenvalue weighted by Crippen LogP contribution is -2.37. The fourth-order valence-electron chi connectivity index (χ4n) is 3.53. The van der Waals surface area contributed by atoms with E-state index in [9.17, 15) is 13.9 Å². The van der Waals surface area contributed by atoms with Gasteiger partial charge < -0.3 is 19.3 Å². The zero-order valence-corrected chi connectivity index (χ0v) is 20.6. The Hall–Kier alpha value is -2.85. The second-order valence-electron chi connectivity index (χ2n) is 8.58. The number of methoxy groups -OCH3 is 1. The van der Waals surface area contributed by atoms with E-state index in [-0.39, 0.29) is 24.3 Å². The van der Waals surface area contributed by atoms with Gasteiger partial charge in [0.1, 0.15) is 17.4 Å². The van der Waals surface area contributed by atoms with Gasteiger partial charge in [0.25, 0.3) is 0 Å². The molecule has 0 amide bonds. The molecule has 0 saturated carbocycles. The van der Waals surface area contributed by atoms with Crippen molar-refractivity contribution < 1.29 is 28.1 Å². The molecule has 1 atom stereocenters. The maximum absolute atomic E-state index is 13.5. The summed E-state index contributed by atoms with van der Waals surface area (Å²) in [6.45, 7) is 7.71. The zero-order chi connectivity index (χ0) is 25.4. The van der Waals surface area contributed by atoms with Crippen LogP contribution in [0.25, 0.3) is 5.69 Å². The predicted octanol–water partition coefficient (Wildman–Crippen LogP) is 4.49. The lowest BCUT2D eigenvalue weighted by molar-refractivity contribution is -0.0122. The van der Waals surface area contributed by atoms with Gasteiger partial charge in [0.05, 0.1) is 42.4 Å². The van der Waals surface area contributed by atoms with Crippen LogP contribution in [0.5, 0.6) is 11.6 Å². The SMILES string of the molecule is COCCN(Cc1c(C)nn(-c2ccc(F)cc2)c1Oc1ccc(F)cc1)CC(O)COC(C)C. The maximum Gasteiger partial charge on any atom is 0.227 e. The summed E-state index contributed by atoms with van der Waals surface area (Å²) >= 11 is 0. The van der Waals surface area contributed by atoms with Crippen LogP contribution < -0.4 is 4.74 Å². The van der Waals surface area contributed by atoms with Gasteiger partial charge in [-0.3, -0.25) is 4.90 Å². The fraction of sp³-hybridized carbons (Fsp3) is 0.423. The summed E-state index contributed by atoms with van der Waals surface area (Å²) in [6, 6.07) is 11.6. The van der Waals surface area contributed by atoms with E-state index in [0.717, 1.165) is 5.56 Å². The van der Waals surface area contributed by atoms with Crippen LogP contribution in [-0.2, 0) is 16.0 Å². The van der Waals surface area contributed by atoms with Crippen LogP contribution in [-0.4, -0.2) is 65.4 Å². The summed E-state index contributed by atoms with van der Waals surface area (Å²) in [5, 5.41) is 15.2. The number of nitrogens with zero attached hydrogens (tertiary/aromatic N) is 3. The Kier molecular flexibility index (Phi) is 9.73. The van der Waals surface area contributed by atoms with Crippen LogP contribution >= 0.6 is 0 Å². The summed E-state index contributed by atoms with van der Waals surface area (Å²) in [5.74, 6) is 0.132. The molecule has 1 unspecified atom stereocenters. The van der Waals surface area contributed by atoms with E-state index in [1.165, 1.54) is 36.4 Å². The lowest BCUT2D eigenvalue weighted by atomic mass is 10.2. The average molecular weight is 490 g/mol. The Labute approximate surface area is 204 Å². The van der Waals surface area contributed by atoms with Crippen molar-refractivity contribution in [1.29, 1.82) is 0 Å². The monoisotopic (exact) mass is 489 g/mol. The van der Waals surface area contributed by atoms with Crippen molar-refractivity contribution in [3.8, 4) is 17.3 Å². The second-order valence-corrected chi connectivity index (χ2v) is 8.58. The van der Waals surface area contributed by atoms with Gasteiger partial charge in [0, 0.05) is 26.7 Å². The van der Waals surface area contributed by atoms with Crippen molar-refractivity contribution in [2.45, 2.75) is 39.5 Å². The van der Waals surface area contributed by atoms with E-state index in [1.807, 2.05) is 25.7 Å².